The smallest absolute Gasteiger partial charge is 0.0439 e. The van der Waals surface area contributed by atoms with Crippen LogP contribution in [0.2, 0.25) is 0 Å². The van der Waals surface area contributed by atoms with Gasteiger partial charge < -0.3 is 5.11 Å². The van der Waals surface area contributed by atoms with Gasteiger partial charge in [-0.05, 0) is 35.8 Å². The van der Waals surface area contributed by atoms with Crippen LogP contribution < -0.4 is 0 Å². The lowest BCUT2D eigenvalue weighted by Crippen LogP contribution is -2.16. The topological polar surface area (TPSA) is 20.2 Å². The fraction of sp³-hybridized carbons (Fsp3) is 0.429. The molecule has 0 saturated heterocycles. The summed E-state index contributed by atoms with van der Waals surface area (Å²) >= 11 is 0. The summed E-state index contributed by atoms with van der Waals surface area (Å²) in [5.41, 5.74) is 2.90. The van der Waals surface area contributed by atoms with E-state index >= 15 is 0 Å². The second-order valence-corrected chi connectivity index (χ2v) is 4.56. The van der Waals surface area contributed by atoms with Crippen LogP contribution in [-0.2, 0) is 0 Å². The maximum absolute atomic E-state index is 9.13. The molecule has 0 fully saturated rings. The number of allylic oxidation sites excluding steroid dienone is 2. The van der Waals surface area contributed by atoms with Crippen molar-refractivity contribution in [2.45, 2.75) is 26.2 Å². The summed E-state index contributed by atoms with van der Waals surface area (Å²) in [4.78, 5) is 0. The second kappa shape index (κ2) is 4.19. The van der Waals surface area contributed by atoms with Gasteiger partial charge in [-0.15, -0.1) is 0 Å². The van der Waals surface area contributed by atoms with E-state index in [-0.39, 0.29) is 12.0 Å². The monoisotopic (exact) mass is 202 g/mol. The Morgan fingerprint density at radius 2 is 2.00 bits per heavy atom. The fourth-order valence-corrected chi connectivity index (χ4v) is 2.51. The molecule has 0 bridgehead atoms. The maximum atomic E-state index is 9.13. The Balaban J connectivity index is 2.29. The Kier molecular flexibility index (Phi) is 2.92. The van der Waals surface area contributed by atoms with Crippen molar-refractivity contribution in [3.8, 4) is 0 Å². The van der Waals surface area contributed by atoms with Gasteiger partial charge in [0.05, 0.1) is 0 Å². The summed E-state index contributed by atoms with van der Waals surface area (Å²) in [6.07, 6.45) is 5.50. The first-order chi connectivity index (χ1) is 7.26. The van der Waals surface area contributed by atoms with Gasteiger partial charge in [-0.3, -0.25) is 0 Å². The largest absolute Gasteiger partial charge is 0.396 e. The zero-order valence-electron chi connectivity index (χ0n) is 9.24. The van der Waals surface area contributed by atoms with E-state index in [0.29, 0.717) is 0 Å². The highest BCUT2D eigenvalue weighted by atomic mass is 16.3. The molecule has 1 aliphatic carbocycles. The molecule has 0 aromatic heterocycles. The fourth-order valence-electron chi connectivity index (χ4n) is 2.51. The highest BCUT2D eigenvalue weighted by Crippen LogP contribution is 2.46. The highest BCUT2D eigenvalue weighted by molar-refractivity contribution is 5.71. The van der Waals surface area contributed by atoms with E-state index in [1.807, 2.05) is 6.07 Å². The average Bonchev–Trinajstić information content (AvgIpc) is 2.62. The first-order valence-corrected chi connectivity index (χ1v) is 5.63. The van der Waals surface area contributed by atoms with E-state index in [4.69, 9.17) is 5.11 Å². The molecule has 1 atom stereocenters. The molecule has 1 aromatic rings. The lowest BCUT2D eigenvalue weighted by molar-refractivity contribution is 0.234. The van der Waals surface area contributed by atoms with Gasteiger partial charge in [-0.2, -0.15) is 0 Å². The van der Waals surface area contributed by atoms with Gasteiger partial charge in [0.15, 0.2) is 0 Å². The van der Waals surface area contributed by atoms with E-state index in [2.05, 4.69) is 37.3 Å². The van der Waals surface area contributed by atoms with Crippen molar-refractivity contribution in [3.05, 3.63) is 42.0 Å². The van der Waals surface area contributed by atoms with Crippen LogP contribution in [-0.4, -0.2) is 11.7 Å². The molecule has 1 aliphatic rings. The van der Waals surface area contributed by atoms with Gasteiger partial charge in [-0.1, -0.05) is 43.3 Å². The molecule has 1 nitrogen and oxygen atoms in total. The first kappa shape index (κ1) is 10.4. The van der Waals surface area contributed by atoms with Crippen LogP contribution in [0.5, 0.6) is 0 Å². The van der Waals surface area contributed by atoms with Crippen LogP contribution >= 0.6 is 0 Å². The molecule has 2 rings (SSSR count). The summed E-state index contributed by atoms with van der Waals surface area (Å²) in [7, 11) is 0. The lowest BCUT2D eigenvalue weighted by Gasteiger charge is -2.27. The van der Waals surface area contributed by atoms with Gasteiger partial charge in [0.25, 0.3) is 0 Å². The quantitative estimate of drug-likeness (QED) is 0.797. The zero-order valence-corrected chi connectivity index (χ0v) is 9.24. The molecule has 0 amide bonds. The maximum Gasteiger partial charge on any atom is 0.0439 e. The highest BCUT2D eigenvalue weighted by Gasteiger charge is 2.32. The molecular formula is C14H18O. The molecule has 0 radical (unpaired) electrons. The number of hydrogen-bond acceptors (Lipinski definition) is 1. The van der Waals surface area contributed by atoms with Gasteiger partial charge in [-0.25, -0.2) is 0 Å². The molecule has 80 valence electrons. The molecule has 1 aromatic carbocycles. The normalized spacial score (nSPS) is 25.3. The van der Waals surface area contributed by atoms with E-state index in [9.17, 15) is 0 Å². The van der Waals surface area contributed by atoms with Crippen molar-refractivity contribution in [2.24, 2.45) is 5.41 Å². The number of benzene rings is 1. The SMILES string of the molecule is C[C@@]1(CCO)CCC=C1c1ccccc1. The Hall–Kier alpha value is -1.08. The molecule has 1 N–H and O–H groups in total. The van der Waals surface area contributed by atoms with Crippen LogP contribution in [0.25, 0.3) is 5.57 Å². The van der Waals surface area contributed by atoms with Crippen molar-refractivity contribution < 1.29 is 5.11 Å². The van der Waals surface area contributed by atoms with E-state index in [1.54, 1.807) is 0 Å². The number of aliphatic hydroxyl groups is 1. The molecule has 0 unspecified atom stereocenters. The van der Waals surface area contributed by atoms with Crippen molar-refractivity contribution in [2.75, 3.05) is 6.61 Å². The standard InChI is InChI=1S/C14H18O/c1-14(10-11-15)9-5-8-13(14)12-6-3-2-4-7-12/h2-4,6-8,15H,5,9-11H2,1H3/t14-/m0/s1. The molecule has 0 aliphatic heterocycles. The van der Waals surface area contributed by atoms with Crippen LogP contribution in [0.3, 0.4) is 0 Å². The third kappa shape index (κ3) is 1.98. The predicted molar refractivity (Wildman–Crippen MR) is 63.5 cm³/mol. The van der Waals surface area contributed by atoms with Gasteiger partial charge in [0, 0.05) is 6.61 Å². The lowest BCUT2D eigenvalue weighted by atomic mass is 9.77. The van der Waals surface area contributed by atoms with Gasteiger partial charge in [0.1, 0.15) is 0 Å². The van der Waals surface area contributed by atoms with Crippen LogP contribution in [0.1, 0.15) is 31.7 Å². The van der Waals surface area contributed by atoms with Gasteiger partial charge in [0.2, 0.25) is 0 Å². The van der Waals surface area contributed by atoms with Crippen LogP contribution in [0, 0.1) is 5.41 Å². The third-order valence-corrected chi connectivity index (χ3v) is 3.44. The summed E-state index contributed by atoms with van der Waals surface area (Å²) in [6.45, 7) is 2.54. The molecular weight excluding hydrogens is 184 g/mol. The Labute approximate surface area is 91.4 Å². The second-order valence-electron chi connectivity index (χ2n) is 4.56. The Bertz CT molecular complexity index is 353. The number of hydrogen-bond donors (Lipinski definition) is 1. The first-order valence-electron chi connectivity index (χ1n) is 5.63. The molecule has 0 saturated carbocycles. The summed E-state index contributed by atoms with van der Waals surface area (Å²) in [5.74, 6) is 0. The Morgan fingerprint density at radius 1 is 1.27 bits per heavy atom. The molecule has 1 heteroatoms. The minimum Gasteiger partial charge on any atom is -0.396 e. The Morgan fingerprint density at radius 3 is 2.67 bits per heavy atom. The minimum absolute atomic E-state index is 0.177. The predicted octanol–water partition coefficient (Wildman–Crippen LogP) is 3.25. The van der Waals surface area contributed by atoms with Crippen LogP contribution in [0.4, 0.5) is 0 Å². The summed E-state index contributed by atoms with van der Waals surface area (Å²) < 4.78 is 0. The van der Waals surface area contributed by atoms with Crippen molar-refractivity contribution in [1.29, 1.82) is 0 Å². The van der Waals surface area contributed by atoms with E-state index in [1.165, 1.54) is 11.1 Å². The van der Waals surface area contributed by atoms with Gasteiger partial charge >= 0.3 is 0 Å². The number of rotatable bonds is 3. The number of aliphatic hydroxyl groups excluding tert-OH is 1. The average molecular weight is 202 g/mol. The summed E-state index contributed by atoms with van der Waals surface area (Å²) in [5, 5.41) is 9.13. The zero-order chi connectivity index (χ0) is 10.7. The third-order valence-electron chi connectivity index (χ3n) is 3.44. The van der Waals surface area contributed by atoms with Crippen molar-refractivity contribution >= 4 is 5.57 Å². The summed E-state index contributed by atoms with van der Waals surface area (Å²) in [6, 6.07) is 10.5. The van der Waals surface area contributed by atoms with Crippen LogP contribution in [0.15, 0.2) is 36.4 Å². The molecule has 0 spiro atoms. The molecule has 0 heterocycles. The molecule has 15 heavy (non-hydrogen) atoms. The van der Waals surface area contributed by atoms with E-state index in [0.717, 1.165) is 19.3 Å². The van der Waals surface area contributed by atoms with Crippen molar-refractivity contribution in [3.63, 3.8) is 0 Å². The van der Waals surface area contributed by atoms with Crippen molar-refractivity contribution in [1.82, 2.24) is 0 Å². The minimum atomic E-state index is 0.177. The van der Waals surface area contributed by atoms with E-state index < -0.39 is 0 Å².